The lowest BCUT2D eigenvalue weighted by Gasteiger charge is -2.40. The molecule has 0 bridgehead atoms. The van der Waals surface area contributed by atoms with E-state index >= 15 is 0 Å². The van der Waals surface area contributed by atoms with Crippen molar-refractivity contribution in [3.05, 3.63) is 28.2 Å². The lowest BCUT2D eigenvalue weighted by molar-refractivity contribution is 0.275. The molecule has 1 aliphatic heterocycles. The first-order valence-electron chi connectivity index (χ1n) is 7.51. The fourth-order valence-corrected chi connectivity index (χ4v) is 3.57. The van der Waals surface area contributed by atoms with Gasteiger partial charge in [0.05, 0.1) is 5.69 Å². The Balaban J connectivity index is 2.17. The first kappa shape index (κ1) is 15.8. The SMILES string of the molecule is CCNC(C)c1ccc(N2CCN(C)CC2C)c(Br)c1. The van der Waals surface area contributed by atoms with Crippen molar-refractivity contribution in [1.82, 2.24) is 10.2 Å². The van der Waals surface area contributed by atoms with Gasteiger partial charge in [0.25, 0.3) is 0 Å². The fraction of sp³-hybridized carbons (Fsp3) is 0.625. The van der Waals surface area contributed by atoms with E-state index in [9.17, 15) is 0 Å². The van der Waals surface area contributed by atoms with Gasteiger partial charge >= 0.3 is 0 Å². The average Bonchev–Trinajstić information content (AvgIpc) is 2.40. The summed E-state index contributed by atoms with van der Waals surface area (Å²) >= 11 is 3.76. The summed E-state index contributed by atoms with van der Waals surface area (Å²) in [4.78, 5) is 4.91. The van der Waals surface area contributed by atoms with Gasteiger partial charge in [-0.1, -0.05) is 13.0 Å². The Morgan fingerprint density at radius 2 is 2.15 bits per heavy atom. The number of halogens is 1. The van der Waals surface area contributed by atoms with Crippen molar-refractivity contribution in [3.63, 3.8) is 0 Å². The monoisotopic (exact) mass is 339 g/mol. The molecule has 2 unspecified atom stereocenters. The van der Waals surface area contributed by atoms with Crippen molar-refractivity contribution in [3.8, 4) is 0 Å². The molecule has 0 aliphatic carbocycles. The van der Waals surface area contributed by atoms with Gasteiger partial charge in [-0.15, -0.1) is 0 Å². The second-order valence-electron chi connectivity index (χ2n) is 5.79. The summed E-state index contributed by atoms with van der Waals surface area (Å²) in [7, 11) is 2.20. The smallest absolute Gasteiger partial charge is 0.0514 e. The zero-order chi connectivity index (χ0) is 14.7. The molecule has 1 heterocycles. The normalized spacial score (nSPS) is 22.1. The summed E-state index contributed by atoms with van der Waals surface area (Å²) in [6.45, 7) is 11.0. The van der Waals surface area contributed by atoms with Crippen LogP contribution in [0.15, 0.2) is 22.7 Å². The first-order valence-corrected chi connectivity index (χ1v) is 8.30. The summed E-state index contributed by atoms with van der Waals surface area (Å²) in [5.74, 6) is 0. The standard InChI is InChI=1S/C16H26BrN3/c1-5-18-13(3)14-6-7-16(15(17)10-14)20-9-8-19(4)11-12(20)2/h6-7,10,12-13,18H,5,8-9,11H2,1-4H3. The Labute approximate surface area is 131 Å². The van der Waals surface area contributed by atoms with Crippen LogP contribution < -0.4 is 10.2 Å². The molecule has 0 spiro atoms. The van der Waals surface area contributed by atoms with Crippen molar-refractivity contribution in [2.24, 2.45) is 0 Å². The van der Waals surface area contributed by atoms with Crippen LogP contribution >= 0.6 is 15.9 Å². The van der Waals surface area contributed by atoms with Gasteiger partial charge in [-0.25, -0.2) is 0 Å². The molecule has 1 saturated heterocycles. The second-order valence-corrected chi connectivity index (χ2v) is 6.65. The molecule has 1 aromatic carbocycles. The van der Waals surface area contributed by atoms with Crippen LogP contribution in [0.4, 0.5) is 5.69 Å². The number of hydrogen-bond donors (Lipinski definition) is 1. The van der Waals surface area contributed by atoms with Crippen molar-refractivity contribution >= 4 is 21.6 Å². The minimum Gasteiger partial charge on any atom is -0.365 e. The number of nitrogens with zero attached hydrogens (tertiary/aromatic N) is 2. The molecule has 4 heteroatoms. The number of rotatable bonds is 4. The van der Waals surface area contributed by atoms with Crippen LogP contribution in [-0.4, -0.2) is 44.2 Å². The van der Waals surface area contributed by atoms with Gasteiger partial charge in [-0.2, -0.15) is 0 Å². The maximum atomic E-state index is 3.76. The summed E-state index contributed by atoms with van der Waals surface area (Å²) < 4.78 is 1.20. The van der Waals surface area contributed by atoms with E-state index in [2.05, 4.69) is 77.1 Å². The van der Waals surface area contributed by atoms with Crippen LogP contribution in [0.1, 0.15) is 32.4 Å². The van der Waals surface area contributed by atoms with Crippen molar-refractivity contribution in [2.75, 3.05) is 38.1 Å². The van der Waals surface area contributed by atoms with Gasteiger partial charge < -0.3 is 15.1 Å². The number of piperazine rings is 1. The van der Waals surface area contributed by atoms with E-state index in [1.165, 1.54) is 15.7 Å². The first-order chi connectivity index (χ1) is 9.52. The molecular formula is C16H26BrN3. The highest BCUT2D eigenvalue weighted by molar-refractivity contribution is 9.10. The molecule has 0 amide bonds. The van der Waals surface area contributed by atoms with E-state index in [0.29, 0.717) is 12.1 Å². The maximum Gasteiger partial charge on any atom is 0.0514 e. The lowest BCUT2D eigenvalue weighted by Crippen LogP contribution is -2.50. The lowest BCUT2D eigenvalue weighted by atomic mass is 10.1. The summed E-state index contributed by atoms with van der Waals surface area (Å²) in [6, 6.07) is 7.72. The third-order valence-corrected chi connectivity index (χ3v) is 4.76. The van der Waals surface area contributed by atoms with E-state index in [4.69, 9.17) is 0 Å². The topological polar surface area (TPSA) is 18.5 Å². The van der Waals surface area contributed by atoms with E-state index in [1.807, 2.05) is 0 Å². The van der Waals surface area contributed by atoms with E-state index in [1.54, 1.807) is 0 Å². The largest absolute Gasteiger partial charge is 0.365 e. The highest BCUT2D eigenvalue weighted by Crippen LogP contribution is 2.31. The molecule has 1 fully saturated rings. The van der Waals surface area contributed by atoms with Gasteiger partial charge in [0.1, 0.15) is 0 Å². The maximum absolute atomic E-state index is 3.76. The summed E-state index contributed by atoms with van der Waals surface area (Å²) in [5, 5.41) is 3.46. The van der Waals surface area contributed by atoms with Gasteiger partial charge in [0, 0.05) is 36.2 Å². The Kier molecular flexibility index (Phi) is 5.47. The molecule has 3 nitrogen and oxygen atoms in total. The average molecular weight is 340 g/mol. The molecule has 0 radical (unpaired) electrons. The Hall–Kier alpha value is -0.580. The predicted octanol–water partition coefficient (Wildman–Crippen LogP) is 3.26. The molecule has 1 aromatic rings. The number of hydrogen-bond acceptors (Lipinski definition) is 3. The molecule has 0 aromatic heterocycles. The van der Waals surface area contributed by atoms with Crippen LogP contribution in [0.3, 0.4) is 0 Å². The van der Waals surface area contributed by atoms with Gasteiger partial charge in [0.15, 0.2) is 0 Å². The quantitative estimate of drug-likeness (QED) is 0.908. The number of benzene rings is 1. The van der Waals surface area contributed by atoms with Gasteiger partial charge in [0.2, 0.25) is 0 Å². The molecule has 2 rings (SSSR count). The van der Waals surface area contributed by atoms with Crippen LogP contribution in [0.5, 0.6) is 0 Å². The van der Waals surface area contributed by atoms with Crippen LogP contribution in [0.25, 0.3) is 0 Å². The minimum atomic E-state index is 0.398. The third-order valence-electron chi connectivity index (χ3n) is 4.12. The second kappa shape index (κ2) is 6.92. The fourth-order valence-electron chi connectivity index (χ4n) is 2.95. The predicted molar refractivity (Wildman–Crippen MR) is 90.5 cm³/mol. The molecular weight excluding hydrogens is 314 g/mol. The molecule has 1 N–H and O–H groups in total. The molecule has 112 valence electrons. The summed E-state index contributed by atoms with van der Waals surface area (Å²) in [5.41, 5.74) is 2.65. The van der Waals surface area contributed by atoms with E-state index in [0.717, 1.165) is 26.2 Å². The Bertz CT molecular complexity index is 449. The molecule has 0 saturated carbocycles. The molecule has 20 heavy (non-hydrogen) atoms. The molecule has 1 aliphatic rings. The summed E-state index contributed by atoms with van der Waals surface area (Å²) in [6.07, 6.45) is 0. The minimum absolute atomic E-state index is 0.398. The Morgan fingerprint density at radius 3 is 2.75 bits per heavy atom. The van der Waals surface area contributed by atoms with Crippen LogP contribution in [0, 0.1) is 0 Å². The van der Waals surface area contributed by atoms with Gasteiger partial charge in [-0.05, 0) is 61.1 Å². The zero-order valence-electron chi connectivity index (χ0n) is 13.0. The Morgan fingerprint density at radius 1 is 1.40 bits per heavy atom. The number of anilines is 1. The van der Waals surface area contributed by atoms with Crippen LogP contribution in [-0.2, 0) is 0 Å². The van der Waals surface area contributed by atoms with E-state index in [-0.39, 0.29) is 0 Å². The van der Waals surface area contributed by atoms with Crippen molar-refractivity contribution in [1.29, 1.82) is 0 Å². The third kappa shape index (κ3) is 3.54. The van der Waals surface area contributed by atoms with Crippen molar-refractivity contribution < 1.29 is 0 Å². The molecule has 2 atom stereocenters. The highest BCUT2D eigenvalue weighted by Gasteiger charge is 2.23. The van der Waals surface area contributed by atoms with E-state index < -0.39 is 0 Å². The van der Waals surface area contributed by atoms with Crippen molar-refractivity contribution in [2.45, 2.75) is 32.9 Å². The zero-order valence-corrected chi connectivity index (χ0v) is 14.6. The van der Waals surface area contributed by atoms with Crippen LogP contribution in [0.2, 0.25) is 0 Å². The highest BCUT2D eigenvalue weighted by atomic mass is 79.9. The number of likely N-dealkylation sites (N-methyl/N-ethyl adjacent to an activating group) is 1. The number of nitrogens with one attached hydrogen (secondary N) is 1. The van der Waals surface area contributed by atoms with Gasteiger partial charge in [-0.3, -0.25) is 0 Å².